The van der Waals surface area contributed by atoms with Crippen molar-refractivity contribution in [2.45, 2.75) is 12.8 Å². The Hall–Kier alpha value is -1.66. The highest BCUT2D eigenvalue weighted by Gasteiger charge is 2.24. The highest BCUT2D eigenvalue weighted by atomic mass is 35.5. The average Bonchev–Trinajstić information content (AvgIpc) is 2.94. The molecule has 1 aliphatic rings. The fraction of sp³-hybridized carbons (Fsp3) is 0.308. The summed E-state index contributed by atoms with van der Waals surface area (Å²) in [6.45, 7) is 1.45. The van der Waals surface area contributed by atoms with Crippen LogP contribution in [0.15, 0.2) is 29.4 Å². The number of halogens is 1. The summed E-state index contributed by atoms with van der Waals surface area (Å²) in [6, 6.07) is 6.96. The second-order valence-corrected chi connectivity index (χ2v) is 5.32. The Bertz CT molecular complexity index is 538. The zero-order valence-corrected chi connectivity index (χ0v) is 12.4. The molecular weight excluding hydrogens is 296 g/mol. The maximum atomic E-state index is 12.2. The van der Waals surface area contributed by atoms with Crippen LogP contribution in [0.3, 0.4) is 0 Å². The van der Waals surface area contributed by atoms with Crippen molar-refractivity contribution in [2.75, 3.05) is 18.5 Å². The first kappa shape index (κ1) is 14.7. The summed E-state index contributed by atoms with van der Waals surface area (Å²) in [4.78, 5) is 13.9. The second kappa shape index (κ2) is 6.67. The molecule has 7 heteroatoms. The number of rotatable bonds is 4. The van der Waals surface area contributed by atoms with Gasteiger partial charge in [0.15, 0.2) is 5.71 Å². The number of carbonyl (C=O) groups is 1. The van der Waals surface area contributed by atoms with E-state index in [2.05, 4.69) is 10.5 Å². The molecular formula is C13H15ClN4OS. The smallest absolute Gasteiger partial charge is 0.277 e. The van der Waals surface area contributed by atoms with Crippen LogP contribution in [0.1, 0.15) is 12.8 Å². The molecule has 1 aromatic rings. The van der Waals surface area contributed by atoms with Gasteiger partial charge in [-0.2, -0.15) is 5.10 Å². The summed E-state index contributed by atoms with van der Waals surface area (Å²) < 4.78 is 0. The SMILES string of the molecule is NC(=S)/C(=N\Nc1ccc(Cl)cc1)C(=O)N1CCCC1. The Labute approximate surface area is 127 Å². The van der Waals surface area contributed by atoms with Gasteiger partial charge in [-0.1, -0.05) is 23.8 Å². The van der Waals surface area contributed by atoms with Gasteiger partial charge in [-0.15, -0.1) is 0 Å². The first-order chi connectivity index (χ1) is 9.58. The quantitative estimate of drug-likeness (QED) is 0.507. The number of likely N-dealkylation sites (tertiary alicyclic amines) is 1. The fourth-order valence-corrected chi connectivity index (χ4v) is 2.18. The van der Waals surface area contributed by atoms with Crippen molar-refractivity contribution in [1.29, 1.82) is 0 Å². The molecule has 0 aliphatic carbocycles. The number of hydrogen-bond acceptors (Lipinski definition) is 4. The third-order valence-electron chi connectivity index (χ3n) is 2.97. The third kappa shape index (κ3) is 3.68. The van der Waals surface area contributed by atoms with E-state index in [-0.39, 0.29) is 16.6 Å². The number of carbonyl (C=O) groups excluding carboxylic acids is 1. The summed E-state index contributed by atoms with van der Waals surface area (Å²) >= 11 is 10.7. The lowest BCUT2D eigenvalue weighted by molar-refractivity contribution is -0.122. The molecule has 20 heavy (non-hydrogen) atoms. The topological polar surface area (TPSA) is 70.7 Å². The van der Waals surface area contributed by atoms with E-state index in [1.54, 1.807) is 29.2 Å². The summed E-state index contributed by atoms with van der Waals surface area (Å²) in [6.07, 6.45) is 2.00. The molecule has 3 N–H and O–H groups in total. The van der Waals surface area contributed by atoms with E-state index in [0.29, 0.717) is 10.7 Å². The molecule has 0 saturated carbocycles. The van der Waals surface area contributed by atoms with Crippen molar-refractivity contribution in [3.05, 3.63) is 29.3 Å². The van der Waals surface area contributed by atoms with Gasteiger partial charge in [-0.25, -0.2) is 0 Å². The van der Waals surface area contributed by atoms with Crippen molar-refractivity contribution < 1.29 is 4.79 Å². The molecule has 5 nitrogen and oxygen atoms in total. The Kier molecular flexibility index (Phi) is 4.92. The first-order valence-electron chi connectivity index (χ1n) is 6.26. The van der Waals surface area contributed by atoms with E-state index in [0.717, 1.165) is 25.9 Å². The monoisotopic (exact) mass is 310 g/mol. The Morgan fingerprint density at radius 1 is 1.30 bits per heavy atom. The summed E-state index contributed by atoms with van der Waals surface area (Å²) in [7, 11) is 0. The third-order valence-corrected chi connectivity index (χ3v) is 3.42. The van der Waals surface area contributed by atoms with Crippen LogP contribution in [0.4, 0.5) is 5.69 Å². The second-order valence-electron chi connectivity index (χ2n) is 4.44. The van der Waals surface area contributed by atoms with E-state index in [9.17, 15) is 4.79 Å². The lowest BCUT2D eigenvalue weighted by Crippen LogP contribution is -2.40. The molecule has 0 bridgehead atoms. The maximum Gasteiger partial charge on any atom is 0.277 e. The van der Waals surface area contributed by atoms with Gasteiger partial charge in [0.2, 0.25) is 0 Å². The number of amides is 1. The number of nitrogens with zero attached hydrogens (tertiary/aromatic N) is 2. The Morgan fingerprint density at radius 3 is 2.45 bits per heavy atom. The largest absolute Gasteiger partial charge is 0.388 e. The average molecular weight is 311 g/mol. The molecule has 2 rings (SSSR count). The molecule has 1 aliphatic heterocycles. The van der Waals surface area contributed by atoms with Crippen molar-refractivity contribution in [2.24, 2.45) is 10.8 Å². The van der Waals surface area contributed by atoms with E-state index in [1.807, 2.05) is 0 Å². The van der Waals surface area contributed by atoms with Crippen LogP contribution in [-0.4, -0.2) is 34.6 Å². The summed E-state index contributed by atoms with van der Waals surface area (Å²) in [5, 5.41) is 4.66. The van der Waals surface area contributed by atoms with Gasteiger partial charge in [0.05, 0.1) is 5.69 Å². The van der Waals surface area contributed by atoms with E-state index in [4.69, 9.17) is 29.6 Å². The molecule has 0 aromatic heterocycles. The summed E-state index contributed by atoms with van der Waals surface area (Å²) in [5.74, 6) is -0.225. The number of hydrazone groups is 1. The molecule has 0 radical (unpaired) electrons. The minimum absolute atomic E-state index is 0.0108. The minimum Gasteiger partial charge on any atom is -0.388 e. The number of hydrogen-bond donors (Lipinski definition) is 2. The number of nitrogens with two attached hydrogens (primary N) is 1. The lowest BCUT2D eigenvalue weighted by atomic mass is 10.3. The molecule has 0 spiro atoms. The van der Waals surface area contributed by atoms with Gasteiger partial charge in [-0.3, -0.25) is 10.2 Å². The molecule has 1 saturated heterocycles. The van der Waals surface area contributed by atoms with Crippen LogP contribution in [0, 0.1) is 0 Å². The molecule has 1 amide bonds. The predicted molar refractivity (Wildman–Crippen MR) is 85.1 cm³/mol. The molecule has 1 heterocycles. The van der Waals surface area contributed by atoms with Gasteiger partial charge < -0.3 is 10.6 Å². The zero-order valence-electron chi connectivity index (χ0n) is 10.8. The van der Waals surface area contributed by atoms with E-state index in [1.165, 1.54) is 0 Å². The first-order valence-corrected chi connectivity index (χ1v) is 7.05. The van der Waals surface area contributed by atoms with E-state index >= 15 is 0 Å². The van der Waals surface area contributed by atoms with Gasteiger partial charge >= 0.3 is 0 Å². The van der Waals surface area contributed by atoms with Gasteiger partial charge in [0.25, 0.3) is 5.91 Å². The normalized spacial score (nSPS) is 15.2. The number of benzene rings is 1. The van der Waals surface area contributed by atoms with Crippen LogP contribution < -0.4 is 11.2 Å². The van der Waals surface area contributed by atoms with Gasteiger partial charge in [0, 0.05) is 18.1 Å². The number of nitrogens with one attached hydrogen (secondary N) is 1. The van der Waals surface area contributed by atoms with Gasteiger partial charge in [0.1, 0.15) is 4.99 Å². The van der Waals surface area contributed by atoms with Crippen molar-refractivity contribution >= 4 is 46.1 Å². The molecule has 0 unspecified atom stereocenters. The molecule has 0 atom stereocenters. The van der Waals surface area contributed by atoms with Crippen LogP contribution in [-0.2, 0) is 4.79 Å². The zero-order chi connectivity index (χ0) is 14.5. The molecule has 1 aromatic carbocycles. The maximum absolute atomic E-state index is 12.2. The fourth-order valence-electron chi connectivity index (χ4n) is 1.92. The van der Waals surface area contributed by atoms with Crippen LogP contribution in [0.5, 0.6) is 0 Å². The van der Waals surface area contributed by atoms with Crippen LogP contribution >= 0.6 is 23.8 Å². The molecule has 106 valence electrons. The lowest BCUT2D eigenvalue weighted by Gasteiger charge is -2.15. The summed E-state index contributed by atoms with van der Waals surface area (Å²) in [5.41, 5.74) is 9.14. The Morgan fingerprint density at radius 2 is 1.90 bits per heavy atom. The standard InChI is InChI=1S/C13H15ClN4OS/c14-9-3-5-10(6-4-9)16-17-11(12(15)20)13(19)18-7-1-2-8-18/h3-6,16H,1-2,7-8H2,(H2,15,20)/b17-11+. The minimum atomic E-state index is -0.225. The number of thiocarbonyl (C=S) groups is 1. The Balaban J connectivity index is 2.11. The predicted octanol–water partition coefficient (Wildman–Crippen LogP) is 2.02. The van der Waals surface area contributed by atoms with Crippen molar-refractivity contribution in [3.63, 3.8) is 0 Å². The molecule has 1 fully saturated rings. The highest BCUT2D eigenvalue weighted by molar-refractivity contribution is 7.82. The van der Waals surface area contributed by atoms with E-state index < -0.39 is 0 Å². The van der Waals surface area contributed by atoms with Crippen molar-refractivity contribution in [3.8, 4) is 0 Å². The van der Waals surface area contributed by atoms with Crippen molar-refractivity contribution in [1.82, 2.24) is 4.90 Å². The van der Waals surface area contributed by atoms with Crippen LogP contribution in [0.2, 0.25) is 5.02 Å². The highest BCUT2D eigenvalue weighted by Crippen LogP contribution is 2.13. The number of anilines is 1. The van der Waals surface area contributed by atoms with Crippen LogP contribution in [0.25, 0.3) is 0 Å². The van der Waals surface area contributed by atoms with Gasteiger partial charge in [-0.05, 0) is 37.1 Å².